The molecule has 29 heavy (non-hydrogen) atoms. The van der Waals surface area contributed by atoms with Crippen molar-refractivity contribution in [3.8, 4) is 11.3 Å². The fraction of sp³-hybridized carbons (Fsp3) is 0.478. The highest BCUT2D eigenvalue weighted by Crippen LogP contribution is 2.40. The van der Waals surface area contributed by atoms with E-state index in [1.807, 2.05) is 24.8 Å². The van der Waals surface area contributed by atoms with Gasteiger partial charge in [-0.05, 0) is 63.3 Å². The van der Waals surface area contributed by atoms with Crippen LogP contribution in [0.1, 0.15) is 66.2 Å². The van der Waals surface area contributed by atoms with Crippen molar-refractivity contribution >= 4 is 27.5 Å². The first-order chi connectivity index (χ1) is 13.8. The van der Waals surface area contributed by atoms with Crippen molar-refractivity contribution in [1.82, 2.24) is 14.9 Å². The molecule has 0 aliphatic carbocycles. The summed E-state index contributed by atoms with van der Waals surface area (Å²) in [6, 6.07) is 6.41. The first-order valence-corrected chi connectivity index (χ1v) is 11.3. The summed E-state index contributed by atoms with van der Waals surface area (Å²) >= 11 is 1.60. The largest absolute Gasteiger partial charge is 0.354 e. The van der Waals surface area contributed by atoms with Crippen molar-refractivity contribution in [2.75, 3.05) is 6.54 Å². The van der Waals surface area contributed by atoms with E-state index < -0.39 is 0 Å². The van der Waals surface area contributed by atoms with E-state index in [9.17, 15) is 4.79 Å². The monoisotopic (exact) mass is 410 g/mol. The zero-order valence-electron chi connectivity index (χ0n) is 17.9. The Hall–Kier alpha value is -2.18. The molecule has 4 heterocycles. The molecule has 3 aromatic rings. The molecule has 6 heteroatoms. The third-order valence-corrected chi connectivity index (χ3v) is 7.13. The number of carbonyl (C=O) groups excluding carboxylic acids is 1. The maximum Gasteiger partial charge on any atom is 0.264 e. The number of aryl methyl sites for hydroxylation is 2. The minimum absolute atomic E-state index is 0.0635. The molecule has 1 aliphatic heterocycles. The fourth-order valence-electron chi connectivity index (χ4n) is 4.46. The van der Waals surface area contributed by atoms with Gasteiger partial charge in [-0.3, -0.25) is 9.78 Å². The Balaban J connectivity index is 1.76. The molecule has 1 fully saturated rings. The average molecular weight is 411 g/mol. The highest BCUT2D eigenvalue weighted by Gasteiger charge is 2.31. The molecule has 2 atom stereocenters. The summed E-state index contributed by atoms with van der Waals surface area (Å²) in [4.78, 5) is 24.1. The van der Waals surface area contributed by atoms with Gasteiger partial charge in [0, 0.05) is 35.6 Å². The van der Waals surface area contributed by atoms with Crippen LogP contribution in [0.15, 0.2) is 18.2 Å². The Bertz CT molecular complexity index is 1040. The molecule has 0 radical (unpaired) electrons. The van der Waals surface area contributed by atoms with E-state index in [0.717, 1.165) is 52.4 Å². The molecular weight excluding hydrogens is 380 g/mol. The Labute approximate surface area is 176 Å². The predicted molar refractivity (Wildman–Crippen MR) is 121 cm³/mol. The molecule has 3 N–H and O–H groups in total. The third kappa shape index (κ3) is 3.60. The van der Waals surface area contributed by atoms with Gasteiger partial charge in [0.25, 0.3) is 5.91 Å². The molecule has 0 unspecified atom stereocenters. The van der Waals surface area contributed by atoms with Crippen LogP contribution in [0.2, 0.25) is 0 Å². The smallest absolute Gasteiger partial charge is 0.264 e. The van der Waals surface area contributed by atoms with Gasteiger partial charge in [0.05, 0.1) is 20.8 Å². The number of fused-ring (bicyclic) bond motifs is 1. The number of thiophene rings is 1. The molecule has 4 rings (SSSR count). The summed E-state index contributed by atoms with van der Waals surface area (Å²) in [7, 11) is 0. The number of nitrogens with zero attached hydrogens (tertiary/aromatic N) is 2. The van der Waals surface area contributed by atoms with Crippen LogP contribution in [-0.4, -0.2) is 39.4 Å². The number of aromatic nitrogens is 2. The molecule has 0 saturated carbocycles. The SMILES string of the molecule is Cc1cc(-c2[nH]c3cc(C(=O)N4CCC[C@H](N)[C@@H]4C)sc3c2C(C)C)cc(C)n1. The Morgan fingerprint density at radius 3 is 2.62 bits per heavy atom. The summed E-state index contributed by atoms with van der Waals surface area (Å²) in [5.41, 5.74) is 12.9. The van der Waals surface area contributed by atoms with E-state index in [0.29, 0.717) is 5.92 Å². The second-order valence-corrected chi connectivity index (χ2v) is 9.66. The van der Waals surface area contributed by atoms with Crippen LogP contribution in [0.25, 0.3) is 21.5 Å². The summed E-state index contributed by atoms with van der Waals surface area (Å²) in [6.45, 7) is 11.3. The number of pyridine rings is 1. The summed E-state index contributed by atoms with van der Waals surface area (Å²) in [5.74, 6) is 0.450. The van der Waals surface area contributed by atoms with Gasteiger partial charge in [0.2, 0.25) is 0 Å². The lowest BCUT2D eigenvalue weighted by Crippen LogP contribution is -2.52. The van der Waals surface area contributed by atoms with Crippen molar-refractivity contribution in [2.24, 2.45) is 5.73 Å². The van der Waals surface area contributed by atoms with E-state index in [2.05, 4.69) is 42.9 Å². The topological polar surface area (TPSA) is 75.0 Å². The molecule has 1 aliphatic rings. The van der Waals surface area contributed by atoms with E-state index in [1.54, 1.807) is 11.3 Å². The minimum Gasteiger partial charge on any atom is -0.354 e. The van der Waals surface area contributed by atoms with Crippen LogP contribution < -0.4 is 5.73 Å². The number of hydrogen-bond acceptors (Lipinski definition) is 4. The quantitative estimate of drug-likeness (QED) is 0.639. The molecule has 0 aromatic carbocycles. The second-order valence-electron chi connectivity index (χ2n) is 8.61. The summed E-state index contributed by atoms with van der Waals surface area (Å²) < 4.78 is 1.18. The Kier molecular flexibility index (Phi) is 5.25. The standard InChI is InChI=1S/C23H30N4OS/c1-12(2)20-21(16-9-13(3)25-14(4)10-16)26-18-11-19(29-22(18)20)23(28)27-8-6-7-17(24)15(27)5/h9-12,15,17,26H,6-8,24H2,1-5H3/t15-,17-/m0/s1. The molecular formula is C23H30N4OS. The van der Waals surface area contributed by atoms with Gasteiger partial charge in [-0.15, -0.1) is 11.3 Å². The maximum absolute atomic E-state index is 13.2. The van der Waals surface area contributed by atoms with Gasteiger partial charge < -0.3 is 15.6 Å². The first kappa shape index (κ1) is 20.1. The van der Waals surface area contributed by atoms with Crippen LogP contribution in [0, 0.1) is 13.8 Å². The van der Waals surface area contributed by atoms with Crippen LogP contribution in [0.3, 0.4) is 0 Å². The fourth-order valence-corrected chi connectivity index (χ4v) is 5.73. The number of H-pyrrole nitrogens is 1. The second kappa shape index (κ2) is 7.58. The highest BCUT2D eigenvalue weighted by molar-refractivity contribution is 7.21. The van der Waals surface area contributed by atoms with Crippen molar-refractivity contribution in [1.29, 1.82) is 0 Å². The van der Waals surface area contributed by atoms with Gasteiger partial charge in [0.15, 0.2) is 0 Å². The van der Waals surface area contributed by atoms with Crippen molar-refractivity contribution in [3.05, 3.63) is 40.0 Å². The lowest BCUT2D eigenvalue weighted by Gasteiger charge is -2.37. The zero-order chi connectivity index (χ0) is 20.9. The average Bonchev–Trinajstić information content (AvgIpc) is 3.20. The number of piperidine rings is 1. The van der Waals surface area contributed by atoms with E-state index in [-0.39, 0.29) is 18.0 Å². The highest BCUT2D eigenvalue weighted by atomic mass is 32.1. The summed E-state index contributed by atoms with van der Waals surface area (Å²) in [6.07, 6.45) is 1.96. The molecule has 5 nitrogen and oxygen atoms in total. The van der Waals surface area contributed by atoms with Gasteiger partial charge in [-0.25, -0.2) is 0 Å². The number of likely N-dealkylation sites (tertiary alicyclic amines) is 1. The molecule has 154 valence electrons. The van der Waals surface area contributed by atoms with Crippen molar-refractivity contribution < 1.29 is 4.79 Å². The number of carbonyl (C=O) groups is 1. The number of nitrogens with two attached hydrogens (primary N) is 1. The predicted octanol–water partition coefficient (Wildman–Crippen LogP) is 4.98. The molecule has 3 aromatic heterocycles. The zero-order valence-corrected chi connectivity index (χ0v) is 18.7. The van der Waals surface area contributed by atoms with Crippen LogP contribution in [0.4, 0.5) is 0 Å². The van der Waals surface area contributed by atoms with Gasteiger partial charge in [-0.2, -0.15) is 0 Å². The number of nitrogens with one attached hydrogen (secondary N) is 1. The lowest BCUT2D eigenvalue weighted by atomic mass is 9.98. The van der Waals surface area contributed by atoms with E-state index in [4.69, 9.17) is 5.73 Å². The van der Waals surface area contributed by atoms with E-state index in [1.165, 1.54) is 10.3 Å². The molecule has 1 saturated heterocycles. The molecule has 1 amide bonds. The number of rotatable bonds is 3. The maximum atomic E-state index is 13.2. The minimum atomic E-state index is 0.0635. The van der Waals surface area contributed by atoms with Crippen molar-refractivity contribution in [3.63, 3.8) is 0 Å². The lowest BCUT2D eigenvalue weighted by molar-refractivity contribution is 0.0610. The molecule has 0 bridgehead atoms. The normalized spacial score (nSPS) is 20.0. The van der Waals surface area contributed by atoms with Gasteiger partial charge in [-0.1, -0.05) is 13.8 Å². The number of amides is 1. The van der Waals surface area contributed by atoms with Gasteiger partial charge in [0.1, 0.15) is 0 Å². The molecule has 0 spiro atoms. The third-order valence-electron chi connectivity index (χ3n) is 5.97. The Morgan fingerprint density at radius 1 is 1.28 bits per heavy atom. The van der Waals surface area contributed by atoms with Crippen LogP contribution in [0.5, 0.6) is 0 Å². The Morgan fingerprint density at radius 2 is 1.97 bits per heavy atom. The summed E-state index contributed by atoms with van der Waals surface area (Å²) in [5, 5.41) is 0. The van der Waals surface area contributed by atoms with Crippen LogP contribution >= 0.6 is 11.3 Å². The van der Waals surface area contributed by atoms with Crippen molar-refractivity contribution in [2.45, 2.75) is 65.5 Å². The first-order valence-electron chi connectivity index (χ1n) is 10.4. The van der Waals surface area contributed by atoms with Crippen LogP contribution in [-0.2, 0) is 0 Å². The van der Waals surface area contributed by atoms with Gasteiger partial charge >= 0.3 is 0 Å². The number of hydrogen-bond donors (Lipinski definition) is 2. The van der Waals surface area contributed by atoms with E-state index >= 15 is 0 Å². The number of aromatic amines is 1.